The van der Waals surface area contributed by atoms with Gasteiger partial charge in [-0.1, -0.05) is 18.2 Å². The number of halogens is 1. The smallest absolute Gasteiger partial charge is 0.257 e. The fourth-order valence-electron chi connectivity index (χ4n) is 3.27. The monoisotopic (exact) mass is 415 g/mol. The first-order valence-corrected chi connectivity index (χ1v) is 10.4. The second-order valence-corrected chi connectivity index (χ2v) is 8.57. The first-order chi connectivity index (χ1) is 13.7. The Morgan fingerprint density at radius 1 is 1.03 bits per heavy atom. The second kappa shape index (κ2) is 7.81. The minimum Gasteiger partial charge on any atom is -0.322 e. The van der Waals surface area contributed by atoms with E-state index in [1.165, 1.54) is 19.2 Å². The van der Waals surface area contributed by atoms with Crippen LogP contribution >= 0.6 is 0 Å². The molecule has 0 aliphatic carbocycles. The molecular weight excluding hydrogens is 393 g/mol. The number of para-hydroxylation sites is 1. The zero-order valence-corrected chi connectivity index (χ0v) is 17.4. The Hall–Kier alpha value is -2.97. The lowest BCUT2D eigenvalue weighted by atomic mass is 10.2. The van der Waals surface area contributed by atoms with Gasteiger partial charge in [0.1, 0.15) is 5.82 Å². The second-order valence-electron chi connectivity index (χ2n) is 6.71. The number of rotatable bonds is 5. The number of hydrogen-bond donors (Lipinski definition) is 2. The van der Waals surface area contributed by atoms with Gasteiger partial charge >= 0.3 is 0 Å². The molecule has 0 saturated heterocycles. The lowest BCUT2D eigenvalue weighted by Gasteiger charge is -2.12. The molecule has 2 N–H and O–H groups in total. The predicted molar refractivity (Wildman–Crippen MR) is 111 cm³/mol. The molecule has 1 heterocycles. The van der Waals surface area contributed by atoms with Crippen molar-refractivity contribution in [1.29, 1.82) is 0 Å². The third-order valence-electron chi connectivity index (χ3n) is 4.77. The van der Waals surface area contributed by atoms with Crippen LogP contribution in [0.25, 0.3) is 5.69 Å². The first kappa shape index (κ1) is 20.8. The van der Waals surface area contributed by atoms with Crippen LogP contribution in [0, 0.1) is 26.6 Å². The summed E-state index contributed by atoms with van der Waals surface area (Å²) in [5.74, 6) is -0.793. The fourth-order valence-corrected chi connectivity index (χ4v) is 4.27. The maximum atomic E-state index is 14.2. The molecule has 1 amide bonds. The van der Waals surface area contributed by atoms with Crippen LogP contribution in [0.1, 0.15) is 27.3 Å². The Kier molecular flexibility index (Phi) is 5.59. The highest BCUT2D eigenvalue weighted by atomic mass is 32.2. The van der Waals surface area contributed by atoms with E-state index in [2.05, 4.69) is 10.0 Å². The van der Waals surface area contributed by atoms with Crippen LogP contribution in [0.4, 0.5) is 10.1 Å². The molecule has 0 aliphatic rings. The van der Waals surface area contributed by atoms with E-state index in [1.54, 1.807) is 61.7 Å². The van der Waals surface area contributed by atoms with Crippen molar-refractivity contribution < 1.29 is 17.6 Å². The molecule has 8 heteroatoms. The Balaban J connectivity index is 1.97. The molecule has 6 nitrogen and oxygen atoms in total. The Labute approximate surface area is 169 Å². The molecule has 29 heavy (non-hydrogen) atoms. The van der Waals surface area contributed by atoms with Gasteiger partial charge in [-0.05, 0) is 63.7 Å². The lowest BCUT2D eigenvalue weighted by Crippen LogP contribution is -2.20. The first-order valence-electron chi connectivity index (χ1n) is 8.95. The molecule has 3 rings (SSSR count). The lowest BCUT2D eigenvalue weighted by molar-refractivity contribution is 0.102. The van der Waals surface area contributed by atoms with Crippen molar-refractivity contribution in [2.24, 2.45) is 0 Å². The van der Waals surface area contributed by atoms with Gasteiger partial charge in [-0.15, -0.1) is 0 Å². The molecular formula is C21H22FN3O3S. The van der Waals surface area contributed by atoms with Gasteiger partial charge in [0.2, 0.25) is 10.0 Å². The molecule has 0 spiro atoms. The van der Waals surface area contributed by atoms with E-state index in [0.29, 0.717) is 33.9 Å². The van der Waals surface area contributed by atoms with E-state index in [9.17, 15) is 17.6 Å². The number of aromatic nitrogens is 1. The summed E-state index contributed by atoms with van der Waals surface area (Å²) in [6.45, 7) is 5.21. The summed E-state index contributed by atoms with van der Waals surface area (Å²) in [5, 5.41) is 2.73. The summed E-state index contributed by atoms with van der Waals surface area (Å²) < 4.78 is 42.5. The summed E-state index contributed by atoms with van der Waals surface area (Å²) in [7, 11) is -2.32. The van der Waals surface area contributed by atoms with Gasteiger partial charge in [-0.2, -0.15) is 0 Å². The third-order valence-corrected chi connectivity index (χ3v) is 6.33. The van der Waals surface area contributed by atoms with Crippen LogP contribution in [0.3, 0.4) is 0 Å². The quantitative estimate of drug-likeness (QED) is 0.667. The van der Waals surface area contributed by atoms with Crippen molar-refractivity contribution in [3.8, 4) is 5.69 Å². The van der Waals surface area contributed by atoms with Gasteiger partial charge in [0.15, 0.2) is 0 Å². The number of carbonyl (C=O) groups is 1. The molecule has 0 bridgehead atoms. The summed E-state index contributed by atoms with van der Waals surface area (Å²) >= 11 is 0. The van der Waals surface area contributed by atoms with Crippen molar-refractivity contribution in [3.63, 3.8) is 0 Å². The number of amides is 1. The number of anilines is 1. The van der Waals surface area contributed by atoms with Crippen LogP contribution in [0.5, 0.6) is 0 Å². The molecule has 0 aliphatic heterocycles. The standard InChI is InChI=1S/C21H22FN3O3S/c1-13-9-10-16(12-20(13)29(27,28)23-4)24-21(26)17-11-14(2)25(15(17)3)19-8-6-5-7-18(19)22/h5-12,23H,1-4H3,(H,24,26). The van der Waals surface area contributed by atoms with Crippen molar-refractivity contribution in [2.45, 2.75) is 25.7 Å². The van der Waals surface area contributed by atoms with E-state index in [1.807, 2.05) is 0 Å². The molecule has 0 radical (unpaired) electrons. The Morgan fingerprint density at radius 2 is 1.72 bits per heavy atom. The molecule has 0 fully saturated rings. The third kappa shape index (κ3) is 3.94. The van der Waals surface area contributed by atoms with Gasteiger partial charge in [-0.25, -0.2) is 17.5 Å². The highest BCUT2D eigenvalue weighted by Gasteiger charge is 2.20. The van der Waals surface area contributed by atoms with E-state index < -0.39 is 15.9 Å². The largest absolute Gasteiger partial charge is 0.322 e. The van der Waals surface area contributed by atoms with Gasteiger partial charge in [0.25, 0.3) is 5.91 Å². The summed E-state index contributed by atoms with van der Waals surface area (Å²) in [4.78, 5) is 12.9. The van der Waals surface area contributed by atoms with Crippen LogP contribution in [0.15, 0.2) is 53.4 Å². The SMILES string of the molecule is CNS(=O)(=O)c1cc(NC(=O)c2cc(C)n(-c3ccccc3F)c2C)ccc1C. The van der Waals surface area contributed by atoms with E-state index in [0.717, 1.165) is 0 Å². The maximum Gasteiger partial charge on any atom is 0.257 e. The van der Waals surface area contributed by atoms with Crippen LogP contribution in [-0.4, -0.2) is 25.9 Å². The van der Waals surface area contributed by atoms with Gasteiger partial charge in [0.05, 0.1) is 16.1 Å². The fraction of sp³-hybridized carbons (Fsp3) is 0.190. The van der Waals surface area contributed by atoms with Gasteiger partial charge < -0.3 is 9.88 Å². The topological polar surface area (TPSA) is 80.2 Å². The average Bonchev–Trinajstić information content (AvgIpc) is 2.98. The number of aryl methyl sites for hydroxylation is 2. The van der Waals surface area contributed by atoms with Crippen molar-refractivity contribution >= 4 is 21.6 Å². The zero-order chi connectivity index (χ0) is 21.3. The van der Waals surface area contributed by atoms with Crippen molar-refractivity contribution in [1.82, 2.24) is 9.29 Å². The number of benzene rings is 2. The normalized spacial score (nSPS) is 11.5. The minimum atomic E-state index is -3.65. The minimum absolute atomic E-state index is 0.0922. The van der Waals surface area contributed by atoms with E-state index in [4.69, 9.17) is 0 Å². The molecule has 3 aromatic rings. The zero-order valence-electron chi connectivity index (χ0n) is 16.6. The number of nitrogens with one attached hydrogen (secondary N) is 2. The van der Waals surface area contributed by atoms with E-state index >= 15 is 0 Å². The highest BCUT2D eigenvalue weighted by molar-refractivity contribution is 7.89. The number of hydrogen-bond acceptors (Lipinski definition) is 3. The summed E-state index contributed by atoms with van der Waals surface area (Å²) in [6.07, 6.45) is 0. The number of carbonyl (C=O) groups excluding carboxylic acids is 1. The van der Waals surface area contributed by atoms with Crippen LogP contribution < -0.4 is 10.0 Å². The number of sulfonamides is 1. The van der Waals surface area contributed by atoms with Crippen LogP contribution in [0.2, 0.25) is 0 Å². The van der Waals surface area contributed by atoms with Crippen LogP contribution in [-0.2, 0) is 10.0 Å². The average molecular weight is 415 g/mol. The maximum absolute atomic E-state index is 14.2. The Bertz CT molecular complexity index is 1200. The van der Waals surface area contributed by atoms with Gasteiger partial charge in [0, 0.05) is 17.1 Å². The predicted octanol–water partition coefficient (Wildman–Crippen LogP) is 3.70. The Morgan fingerprint density at radius 3 is 2.38 bits per heavy atom. The van der Waals surface area contributed by atoms with Crippen molar-refractivity contribution in [3.05, 3.63) is 76.9 Å². The van der Waals surface area contributed by atoms with E-state index in [-0.39, 0.29) is 10.7 Å². The molecule has 2 aromatic carbocycles. The summed E-state index contributed by atoms with van der Waals surface area (Å²) in [6, 6.07) is 12.7. The molecule has 1 aromatic heterocycles. The highest BCUT2D eigenvalue weighted by Crippen LogP contribution is 2.25. The summed E-state index contributed by atoms with van der Waals surface area (Å²) in [5.41, 5.74) is 2.95. The van der Waals surface area contributed by atoms with Crippen molar-refractivity contribution in [2.75, 3.05) is 12.4 Å². The molecule has 0 saturated carbocycles. The molecule has 0 unspecified atom stereocenters. The molecule has 152 valence electrons. The van der Waals surface area contributed by atoms with Gasteiger partial charge in [-0.3, -0.25) is 4.79 Å². The molecule has 0 atom stereocenters. The number of nitrogens with zero attached hydrogens (tertiary/aromatic N) is 1.